The van der Waals surface area contributed by atoms with Gasteiger partial charge < -0.3 is 15.2 Å². The number of hydrogen-bond donors (Lipinski definition) is 2. The number of aryl methyl sites for hydroxylation is 3. The second kappa shape index (κ2) is 7.23. The van der Waals surface area contributed by atoms with E-state index < -0.39 is 5.91 Å². The van der Waals surface area contributed by atoms with Gasteiger partial charge in [-0.2, -0.15) is 0 Å². The molecule has 0 bridgehead atoms. The molecule has 3 heterocycles. The number of nitrogens with one attached hydrogen (secondary N) is 2. The van der Waals surface area contributed by atoms with E-state index in [4.69, 9.17) is 4.52 Å². The lowest BCUT2D eigenvalue weighted by molar-refractivity contribution is 0.101. The van der Waals surface area contributed by atoms with Crippen molar-refractivity contribution >= 4 is 28.8 Å². The molecule has 0 saturated carbocycles. The summed E-state index contributed by atoms with van der Waals surface area (Å²) in [6.07, 6.45) is 1.68. The zero-order valence-corrected chi connectivity index (χ0v) is 16.2. The smallest absolute Gasteiger partial charge is 0.293 e. The number of carbonyl (C=O) groups excluding carboxylic acids is 2. The Bertz CT molecular complexity index is 1220. The van der Waals surface area contributed by atoms with Gasteiger partial charge in [0.25, 0.3) is 11.8 Å². The number of benzene rings is 1. The number of hydrogen-bond acceptors (Lipinski definition) is 5. The topological polar surface area (TPSA) is 102 Å². The van der Waals surface area contributed by atoms with Gasteiger partial charge in [-0.3, -0.25) is 14.0 Å². The van der Waals surface area contributed by atoms with Crippen LogP contribution in [0.1, 0.15) is 38.0 Å². The van der Waals surface area contributed by atoms with Crippen molar-refractivity contribution in [3.8, 4) is 0 Å². The second-order valence-corrected chi connectivity index (χ2v) is 6.74. The molecule has 0 unspecified atom stereocenters. The van der Waals surface area contributed by atoms with E-state index in [2.05, 4.69) is 20.8 Å². The summed E-state index contributed by atoms with van der Waals surface area (Å²) in [5.41, 5.74) is 3.31. The lowest BCUT2D eigenvalue weighted by Crippen LogP contribution is -2.17. The number of amides is 2. The summed E-state index contributed by atoms with van der Waals surface area (Å²) in [5.74, 6) is 0.0459. The zero-order chi connectivity index (χ0) is 20.5. The summed E-state index contributed by atoms with van der Waals surface area (Å²) in [6.45, 7) is 5.57. The molecule has 1 aromatic carbocycles. The van der Waals surface area contributed by atoms with Crippen molar-refractivity contribution < 1.29 is 14.1 Å². The van der Waals surface area contributed by atoms with E-state index in [0.29, 0.717) is 11.3 Å². The van der Waals surface area contributed by atoms with Gasteiger partial charge in [-0.25, -0.2) is 4.98 Å². The summed E-state index contributed by atoms with van der Waals surface area (Å²) in [7, 11) is 0. The van der Waals surface area contributed by atoms with E-state index in [1.807, 2.05) is 32.0 Å². The fraction of sp³-hybridized carbons (Fsp3) is 0.143. The highest BCUT2D eigenvalue weighted by atomic mass is 16.5. The predicted octanol–water partition coefficient (Wildman–Crippen LogP) is 3.75. The molecule has 4 aromatic rings. The van der Waals surface area contributed by atoms with Crippen LogP contribution in [0.25, 0.3) is 5.52 Å². The number of rotatable bonds is 4. The van der Waals surface area contributed by atoms with Crippen LogP contribution in [-0.4, -0.2) is 26.4 Å². The van der Waals surface area contributed by atoms with Crippen molar-refractivity contribution in [2.75, 3.05) is 10.6 Å². The SMILES string of the molecule is Cc1cc(NC(=O)c2nc(C(=O)Nc3c(C)cccc3C)c3ccccn23)no1. The summed E-state index contributed by atoms with van der Waals surface area (Å²) in [6, 6.07) is 12.7. The van der Waals surface area contributed by atoms with Gasteiger partial charge in [0.05, 0.1) is 5.52 Å². The van der Waals surface area contributed by atoms with Gasteiger partial charge in [-0.05, 0) is 44.0 Å². The molecule has 0 aliphatic rings. The number of anilines is 2. The third-order valence-electron chi connectivity index (χ3n) is 4.56. The standard InChI is InChI=1S/C21H19N5O3/c1-12-7-6-8-13(2)17(12)24-20(27)18-15-9-4-5-10-26(15)19(23-18)21(28)22-16-11-14(3)29-25-16/h4-11H,1-3H3,(H,24,27)(H,22,25,28). The molecular formula is C21H19N5O3. The summed E-state index contributed by atoms with van der Waals surface area (Å²) in [4.78, 5) is 30.0. The Morgan fingerprint density at radius 3 is 2.41 bits per heavy atom. The molecule has 0 aliphatic carbocycles. The molecule has 0 spiro atoms. The Hall–Kier alpha value is -3.94. The van der Waals surface area contributed by atoms with Crippen molar-refractivity contribution in [1.29, 1.82) is 0 Å². The van der Waals surface area contributed by atoms with Crippen molar-refractivity contribution in [3.63, 3.8) is 0 Å². The molecule has 0 atom stereocenters. The van der Waals surface area contributed by atoms with Gasteiger partial charge in [-0.15, -0.1) is 0 Å². The van der Waals surface area contributed by atoms with E-state index >= 15 is 0 Å². The molecule has 0 saturated heterocycles. The van der Waals surface area contributed by atoms with Crippen LogP contribution in [0.3, 0.4) is 0 Å². The highest BCUT2D eigenvalue weighted by Crippen LogP contribution is 2.22. The summed E-state index contributed by atoms with van der Waals surface area (Å²) >= 11 is 0. The molecule has 4 rings (SSSR count). The lowest BCUT2D eigenvalue weighted by Gasteiger charge is -2.10. The van der Waals surface area contributed by atoms with Crippen LogP contribution in [-0.2, 0) is 0 Å². The third kappa shape index (κ3) is 3.47. The molecule has 8 nitrogen and oxygen atoms in total. The van der Waals surface area contributed by atoms with Gasteiger partial charge in [0.15, 0.2) is 11.5 Å². The zero-order valence-electron chi connectivity index (χ0n) is 16.2. The van der Waals surface area contributed by atoms with Crippen molar-refractivity contribution in [2.45, 2.75) is 20.8 Å². The largest absolute Gasteiger partial charge is 0.360 e. The minimum atomic E-state index is -0.495. The first-order valence-electron chi connectivity index (χ1n) is 9.03. The van der Waals surface area contributed by atoms with E-state index in [1.54, 1.807) is 41.8 Å². The Morgan fingerprint density at radius 2 is 1.72 bits per heavy atom. The van der Waals surface area contributed by atoms with E-state index in [1.165, 1.54) is 0 Å². The molecule has 0 fully saturated rings. The Balaban J connectivity index is 1.70. The Kier molecular flexibility index (Phi) is 4.59. The van der Waals surface area contributed by atoms with Gasteiger partial charge in [-0.1, -0.05) is 29.4 Å². The van der Waals surface area contributed by atoms with Crippen LogP contribution < -0.4 is 10.6 Å². The number of aromatic nitrogens is 3. The van der Waals surface area contributed by atoms with Crippen LogP contribution >= 0.6 is 0 Å². The number of carbonyl (C=O) groups is 2. The quantitative estimate of drug-likeness (QED) is 0.553. The van der Waals surface area contributed by atoms with Gasteiger partial charge in [0.2, 0.25) is 5.82 Å². The Labute approximate surface area is 166 Å². The number of nitrogens with zero attached hydrogens (tertiary/aromatic N) is 3. The van der Waals surface area contributed by atoms with E-state index in [-0.39, 0.29) is 23.2 Å². The molecule has 3 aromatic heterocycles. The average Bonchev–Trinajstić information content (AvgIpc) is 3.28. The minimum Gasteiger partial charge on any atom is -0.360 e. The molecule has 29 heavy (non-hydrogen) atoms. The summed E-state index contributed by atoms with van der Waals surface area (Å²) in [5, 5.41) is 9.31. The maximum atomic E-state index is 13.0. The second-order valence-electron chi connectivity index (χ2n) is 6.74. The maximum absolute atomic E-state index is 13.0. The monoisotopic (exact) mass is 389 g/mol. The first kappa shape index (κ1) is 18.4. The maximum Gasteiger partial charge on any atom is 0.293 e. The molecular weight excluding hydrogens is 370 g/mol. The van der Waals surface area contributed by atoms with Gasteiger partial charge >= 0.3 is 0 Å². The normalized spacial score (nSPS) is 10.9. The van der Waals surface area contributed by atoms with Crippen molar-refractivity contribution in [2.24, 2.45) is 0 Å². The number of para-hydroxylation sites is 1. The molecule has 0 aliphatic heterocycles. The molecule has 146 valence electrons. The van der Waals surface area contributed by atoms with Crippen molar-refractivity contribution in [1.82, 2.24) is 14.5 Å². The van der Waals surface area contributed by atoms with E-state index in [0.717, 1.165) is 16.8 Å². The van der Waals surface area contributed by atoms with Gasteiger partial charge in [0.1, 0.15) is 5.76 Å². The number of fused-ring (bicyclic) bond motifs is 1. The predicted molar refractivity (Wildman–Crippen MR) is 108 cm³/mol. The van der Waals surface area contributed by atoms with Crippen LogP contribution in [0.4, 0.5) is 11.5 Å². The van der Waals surface area contributed by atoms with Crippen molar-refractivity contribution in [3.05, 3.63) is 77.1 Å². The third-order valence-corrected chi connectivity index (χ3v) is 4.56. The molecule has 2 amide bonds. The van der Waals surface area contributed by atoms with Gasteiger partial charge in [0, 0.05) is 18.0 Å². The molecule has 8 heteroatoms. The van der Waals surface area contributed by atoms with Crippen LogP contribution in [0.2, 0.25) is 0 Å². The fourth-order valence-corrected chi connectivity index (χ4v) is 3.15. The molecule has 0 radical (unpaired) electrons. The Morgan fingerprint density at radius 1 is 0.966 bits per heavy atom. The van der Waals surface area contributed by atoms with Crippen LogP contribution in [0.15, 0.2) is 53.2 Å². The minimum absolute atomic E-state index is 0.0768. The lowest BCUT2D eigenvalue weighted by atomic mass is 10.1. The van der Waals surface area contributed by atoms with E-state index in [9.17, 15) is 9.59 Å². The molecule has 2 N–H and O–H groups in total. The summed E-state index contributed by atoms with van der Waals surface area (Å²) < 4.78 is 6.54. The van der Waals surface area contributed by atoms with Crippen LogP contribution in [0, 0.1) is 20.8 Å². The highest BCUT2D eigenvalue weighted by Gasteiger charge is 2.23. The first-order valence-corrected chi connectivity index (χ1v) is 9.03. The number of imidazole rings is 1. The van der Waals surface area contributed by atoms with Crippen LogP contribution in [0.5, 0.6) is 0 Å². The number of pyridine rings is 1. The average molecular weight is 389 g/mol. The fourth-order valence-electron chi connectivity index (χ4n) is 3.15. The first-order chi connectivity index (χ1) is 13.9. The highest BCUT2D eigenvalue weighted by molar-refractivity contribution is 6.10.